The van der Waals surface area contributed by atoms with E-state index < -0.39 is 19.2 Å². The Hall–Kier alpha value is -8.20. The maximum absolute atomic E-state index is 13.0. The number of aromatic nitrogens is 6. The fourth-order valence-electron chi connectivity index (χ4n) is 12.1. The summed E-state index contributed by atoms with van der Waals surface area (Å²) in [7, 11) is -1.00. The van der Waals surface area contributed by atoms with Gasteiger partial charge in [0.2, 0.25) is 0 Å². The van der Waals surface area contributed by atoms with Crippen LogP contribution in [0.1, 0.15) is 216 Å². The molecule has 7 N–H and O–H groups in total. The molecular formula is C76H101ClFN8NaO14. The van der Waals surface area contributed by atoms with Gasteiger partial charge in [0.15, 0.2) is 0 Å². The number of fused-ring (bicyclic) bond motifs is 4. The van der Waals surface area contributed by atoms with Gasteiger partial charge in [-0.1, -0.05) is 7.43 Å². The van der Waals surface area contributed by atoms with E-state index in [1.54, 1.807) is 26.0 Å². The van der Waals surface area contributed by atoms with E-state index in [1.165, 1.54) is 0 Å². The summed E-state index contributed by atoms with van der Waals surface area (Å²) in [6, 6.07) is 26.5. The Kier molecular flexibility index (Phi) is 36.4. The zero-order valence-electron chi connectivity index (χ0n) is 61.7. The first-order chi connectivity index (χ1) is 47.1. The number of carboxylic acid groups (broad SMARTS) is 1. The van der Waals surface area contributed by atoms with E-state index in [9.17, 15) is 43.4 Å². The number of halogens is 2. The molecule has 10 aromatic heterocycles. The summed E-state index contributed by atoms with van der Waals surface area (Å²) >= 11 is 5.32. The van der Waals surface area contributed by atoms with Crippen LogP contribution in [0.2, 0.25) is 0 Å². The molecule has 4 atom stereocenters. The standard InChI is InChI=1S/C22H27N3O3.C16H21NO3.2C14H17NO3.C8H11ClN2O.CH3F.CH4.Na.H2O/c1-6-28-16(5)20-15(4)18(11-17-8-7-9-25(17)20)21(26)23-12-19-13(2)10-14(3)24-22(19)27;1-5-19-12(4)15-11(3)14(16(18)20-6-2)10-13-8-7-9-17(13)15;1-4-18-10(3)13-9(2)12(14(16)17)8-11-6-5-7-15(11)13;1-4-18-14(17)12-8-11-6-5-7-15(11)13(9(12)2)10(3)16;1-5-3-6(2)11-8(12)7(5)4-10-9;1-2;;;/h7-11,16H,6,12H2,1-5H3,(H,23,26)(H,24,27);7-10,12H,5-6H2,1-4H3;5-8,10H,4H2,1-3H3,(H,16,17);5-8,10,16H,4H2,1-3H3;3,10H,4H2,1-2H3,(H,11,12);1H3;1H4;;1H2/q;;;;;;;+1;/p-1/i;;;;;1D;;;. The van der Waals surface area contributed by atoms with Crippen molar-refractivity contribution < 1.29 is 93.9 Å². The molecule has 1 amide bonds. The number of aromatic amines is 2. The molecule has 10 aromatic rings. The monoisotopic (exact) mass is 1430 g/mol. The van der Waals surface area contributed by atoms with E-state index in [4.69, 9.17) is 36.8 Å². The summed E-state index contributed by atoms with van der Waals surface area (Å²) in [6.45, 7) is 35.2. The number of H-pyrrole nitrogens is 2. The van der Waals surface area contributed by atoms with E-state index in [-0.39, 0.29) is 96.3 Å². The van der Waals surface area contributed by atoms with Crippen molar-refractivity contribution >= 4 is 57.7 Å². The Morgan fingerprint density at radius 2 is 0.842 bits per heavy atom. The molecule has 0 aliphatic heterocycles. The Morgan fingerprint density at radius 3 is 1.16 bits per heavy atom. The number of pyridine rings is 6. The number of aryl methyl sites for hydroxylation is 4. The number of hydrogen-bond acceptors (Lipinski definition) is 14. The summed E-state index contributed by atoms with van der Waals surface area (Å²) in [5.41, 5.74) is 17.1. The van der Waals surface area contributed by atoms with Gasteiger partial charge >= 0.3 is 47.5 Å². The van der Waals surface area contributed by atoms with Gasteiger partial charge in [0.1, 0.15) is 0 Å². The zero-order chi connectivity index (χ0) is 73.5. The van der Waals surface area contributed by atoms with Gasteiger partial charge in [0, 0.05) is 108 Å². The largest absolute Gasteiger partial charge is 1.00 e. The maximum atomic E-state index is 13.0. The summed E-state index contributed by atoms with van der Waals surface area (Å²) in [5.74, 6) is -1.73. The number of carbonyl (C=O) groups excluding carboxylic acids is 3. The number of aromatic carboxylic acids is 1. The third kappa shape index (κ3) is 22.2. The number of rotatable bonds is 20. The van der Waals surface area contributed by atoms with Gasteiger partial charge in [-0.05, 0) is 248 Å². The second kappa shape index (κ2) is 42.3. The minimum absolute atomic E-state index is 0. The number of hydrogen-bond donors (Lipinski definition) is 6. The number of nitrogens with zero attached hydrogens (tertiary/aromatic N) is 4. The smallest absolute Gasteiger partial charge is 0.870 e. The predicted molar refractivity (Wildman–Crippen MR) is 391 cm³/mol. The molecule has 0 aromatic carbocycles. The van der Waals surface area contributed by atoms with E-state index in [0.717, 1.165) is 89.6 Å². The quantitative estimate of drug-likeness (QED) is 0.0235. The van der Waals surface area contributed by atoms with Crippen molar-refractivity contribution in [1.82, 2.24) is 37.7 Å². The molecule has 10 heterocycles. The average Bonchev–Trinajstić information content (AvgIpc) is 1.39. The van der Waals surface area contributed by atoms with Gasteiger partial charge in [-0.25, -0.2) is 19.2 Å². The molecule has 4 unspecified atom stereocenters. The Balaban J connectivity index is 0.000000435. The van der Waals surface area contributed by atoms with Crippen molar-refractivity contribution in [3.05, 3.63) is 231 Å². The number of esters is 2. The fraction of sp³-hybridized carbons (Fsp3) is 0.395. The molecule has 0 spiro atoms. The molecule has 25 heteroatoms. The normalized spacial score (nSPS) is 11.9. The van der Waals surface area contributed by atoms with Crippen LogP contribution >= 0.6 is 11.8 Å². The number of amides is 1. The van der Waals surface area contributed by atoms with E-state index >= 15 is 0 Å². The molecule has 101 heavy (non-hydrogen) atoms. The van der Waals surface area contributed by atoms with Crippen molar-refractivity contribution in [2.75, 3.05) is 40.2 Å². The Bertz CT molecular complexity index is 4520. The molecule has 10 rings (SSSR count). The average molecular weight is 1430 g/mol. The Labute approximate surface area is 619 Å². The number of nitrogens with one attached hydrogen (secondary N) is 4. The van der Waals surface area contributed by atoms with Crippen molar-refractivity contribution in [1.29, 1.82) is 0 Å². The van der Waals surface area contributed by atoms with Crippen molar-refractivity contribution in [3.63, 3.8) is 0 Å². The third-order valence-corrected chi connectivity index (χ3v) is 16.5. The van der Waals surface area contributed by atoms with Gasteiger partial charge in [0.25, 0.3) is 17.0 Å². The second-order valence-electron chi connectivity index (χ2n) is 23.1. The number of ether oxygens (including phenoxy) is 5. The number of aliphatic hydroxyl groups excluding tert-OH is 1. The first-order valence-electron chi connectivity index (χ1n) is 33.2. The summed E-state index contributed by atoms with van der Waals surface area (Å²) < 4.78 is 50.8. The molecule has 0 aliphatic rings. The van der Waals surface area contributed by atoms with Crippen molar-refractivity contribution in [2.24, 2.45) is 0 Å². The van der Waals surface area contributed by atoms with Crippen LogP contribution in [0.25, 0.3) is 22.1 Å². The van der Waals surface area contributed by atoms with Crippen LogP contribution in [-0.4, -0.2) is 107 Å². The van der Waals surface area contributed by atoms with Crippen LogP contribution in [0.3, 0.4) is 0 Å². The van der Waals surface area contributed by atoms with Crippen LogP contribution in [0.4, 0.5) is 4.39 Å². The van der Waals surface area contributed by atoms with Gasteiger partial charge in [-0.15, -0.1) is 0 Å². The van der Waals surface area contributed by atoms with Crippen molar-refractivity contribution in [2.45, 2.75) is 163 Å². The van der Waals surface area contributed by atoms with Crippen LogP contribution in [0.5, 0.6) is 0 Å². The van der Waals surface area contributed by atoms with E-state index in [1.807, 2.05) is 210 Å². The number of alkyl halides is 1. The van der Waals surface area contributed by atoms with Crippen molar-refractivity contribution in [3.8, 4) is 0 Å². The number of carbonyl (C=O) groups is 4. The van der Waals surface area contributed by atoms with Crippen LogP contribution in [0.15, 0.2) is 119 Å². The summed E-state index contributed by atoms with van der Waals surface area (Å²) in [5, 5.41) is 22.0. The SMILES string of the molecule is C.CCOC(=O)c1cc2cccn2c(C(C)O)c1C.CCOC(=O)c1cc2cccn2c(C(C)OCC)c1C.CCOC(C)c1c(C)c(C(=O)NCc2c(C)cc(C)[nH]c2=O)cc2cccn12.CCOC(C)c1c(C)c(C(=O)O)cc2cccn12.Cc1cc(C)c(CNCl)c(=O)[nH]1.[2H]CF.[Na+].[OH-]. The van der Waals surface area contributed by atoms with Gasteiger partial charge in [-0.3, -0.25) is 18.8 Å². The molecule has 544 valence electrons. The molecule has 0 aliphatic carbocycles. The number of carboxylic acids is 1. The summed E-state index contributed by atoms with van der Waals surface area (Å²) in [6.07, 6.45) is 6.77. The first-order valence-corrected chi connectivity index (χ1v) is 32.9. The van der Waals surface area contributed by atoms with Crippen LogP contribution in [-0.2, 0) is 36.8 Å². The second-order valence-corrected chi connectivity index (χ2v) is 23.3. The predicted octanol–water partition coefficient (Wildman–Crippen LogP) is 11.9. The van der Waals surface area contributed by atoms with Gasteiger partial charge in [0.05, 0.1) is 85.6 Å². The minimum atomic E-state index is -1.00. The fourth-order valence-corrected chi connectivity index (χ4v) is 12.2. The number of aliphatic hydroxyl groups is 1. The first kappa shape index (κ1) is 87.0. The molecule has 0 bridgehead atoms. The molecule has 0 saturated heterocycles. The minimum Gasteiger partial charge on any atom is -0.870 e. The molecule has 0 radical (unpaired) electrons. The summed E-state index contributed by atoms with van der Waals surface area (Å²) in [4.78, 5) is 79.6. The Morgan fingerprint density at radius 1 is 0.535 bits per heavy atom. The topological polar surface area (TPSA) is 292 Å². The third-order valence-electron chi connectivity index (χ3n) is 16.4. The molecular weight excluding hydrogens is 1330 g/mol. The molecule has 0 fully saturated rings. The maximum Gasteiger partial charge on any atom is 1.00 e. The van der Waals surface area contributed by atoms with E-state index in [2.05, 4.69) is 28.9 Å². The zero-order valence-corrected chi connectivity index (χ0v) is 63.5. The van der Waals surface area contributed by atoms with Gasteiger partial charge in [-0.2, -0.15) is 0 Å². The van der Waals surface area contributed by atoms with Gasteiger partial charge < -0.3 is 72.3 Å². The molecule has 22 nitrogen and oxygen atoms in total. The molecule has 0 saturated carbocycles. The van der Waals surface area contributed by atoms with Crippen LogP contribution < -0.4 is 50.8 Å². The van der Waals surface area contributed by atoms with Crippen LogP contribution in [0, 0.1) is 55.4 Å². The van der Waals surface area contributed by atoms with E-state index in [0.29, 0.717) is 73.0 Å².